The number of anilines is 1. The molecule has 3 aliphatic rings. The minimum Gasteiger partial charge on any atom is -0.497 e. The van der Waals surface area contributed by atoms with Crippen LogP contribution in [0.15, 0.2) is 42.5 Å². The fraction of sp³-hybridized carbons (Fsp3) is 0.481. The van der Waals surface area contributed by atoms with Crippen molar-refractivity contribution in [2.45, 2.75) is 19.0 Å². The lowest BCUT2D eigenvalue weighted by Gasteiger charge is -2.49. The van der Waals surface area contributed by atoms with Crippen molar-refractivity contribution in [2.24, 2.45) is 5.92 Å². The van der Waals surface area contributed by atoms with E-state index in [4.69, 9.17) is 9.47 Å². The molecule has 0 saturated carbocycles. The zero-order chi connectivity index (χ0) is 25.1. The Labute approximate surface area is 210 Å². The molecule has 0 radical (unpaired) electrons. The molecule has 2 amide bonds. The Hall–Kier alpha value is -3.17. The average Bonchev–Trinajstić information content (AvgIpc) is 2.92. The molecule has 9 heteroatoms. The molecule has 2 aromatic carbocycles. The molecule has 8 nitrogen and oxygen atoms in total. The van der Waals surface area contributed by atoms with Crippen LogP contribution in [0.3, 0.4) is 0 Å². The first-order valence-corrected chi connectivity index (χ1v) is 12.6. The molecule has 0 spiro atoms. The van der Waals surface area contributed by atoms with Gasteiger partial charge in [0, 0.05) is 51.0 Å². The number of methoxy groups -OCH3 is 1. The van der Waals surface area contributed by atoms with Crippen LogP contribution in [0.1, 0.15) is 11.1 Å². The van der Waals surface area contributed by atoms with E-state index in [1.807, 2.05) is 23.1 Å². The summed E-state index contributed by atoms with van der Waals surface area (Å²) in [6, 6.07) is 12.1. The number of nitrogens with zero attached hydrogens (tertiary/aromatic N) is 3. The van der Waals surface area contributed by atoms with Crippen LogP contribution in [0.2, 0.25) is 0 Å². The van der Waals surface area contributed by atoms with E-state index in [0.717, 1.165) is 35.7 Å². The molecule has 0 aromatic heterocycles. The molecule has 2 fully saturated rings. The van der Waals surface area contributed by atoms with Gasteiger partial charge in [0.15, 0.2) is 0 Å². The van der Waals surface area contributed by atoms with Gasteiger partial charge in [-0.15, -0.1) is 0 Å². The molecule has 1 N–H and O–H groups in total. The van der Waals surface area contributed by atoms with Crippen molar-refractivity contribution >= 4 is 17.5 Å². The Morgan fingerprint density at radius 2 is 1.86 bits per heavy atom. The molecule has 2 saturated heterocycles. The van der Waals surface area contributed by atoms with Crippen LogP contribution in [0.5, 0.6) is 5.75 Å². The molecule has 3 heterocycles. The second-order valence-electron chi connectivity index (χ2n) is 9.64. The summed E-state index contributed by atoms with van der Waals surface area (Å²) in [5, 5.41) is 3.06. The summed E-state index contributed by atoms with van der Waals surface area (Å²) < 4.78 is 24.1. The number of rotatable bonds is 6. The Balaban J connectivity index is 1.32. The number of morpholine rings is 1. The monoisotopic (exact) mass is 496 g/mol. The van der Waals surface area contributed by atoms with Crippen LogP contribution in [0.4, 0.5) is 10.1 Å². The van der Waals surface area contributed by atoms with E-state index in [1.165, 1.54) is 12.1 Å². The lowest BCUT2D eigenvalue weighted by molar-refractivity contribution is -0.136. The second-order valence-corrected chi connectivity index (χ2v) is 9.64. The van der Waals surface area contributed by atoms with Crippen LogP contribution in [-0.2, 0) is 27.3 Å². The molecule has 0 bridgehead atoms. The second kappa shape index (κ2) is 10.8. The van der Waals surface area contributed by atoms with Gasteiger partial charge in [0.25, 0.3) is 0 Å². The molecule has 2 atom stereocenters. The minimum atomic E-state index is -0.297. The fourth-order valence-electron chi connectivity index (χ4n) is 5.43. The average molecular weight is 497 g/mol. The van der Waals surface area contributed by atoms with Gasteiger partial charge in [-0.3, -0.25) is 14.5 Å². The highest BCUT2D eigenvalue weighted by Gasteiger charge is 2.42. The zero-order valence-electron chi connectivity index (χ0n) is 20.6. The first-order chi connectivity index (χ1) is 17.5. The van der Waals surface area contributed by atoms with E-state index in [2.05, 4.69) is 15.1 Å². The number of fused-ring (bicyclic) bond motifs is 3. The fourth-order valence-corrected chi connectivity index (χ4v) is 5.43. The quantitative estimate of drug-likeness (QED) is 0.656. The first-order valence-electron chi connectivity index (χ1n) is 12.6. The maximum atomic E-state index is 13.5. The third-order valence-electron chi connectivity index (χ3n) is 7.45. The maximum absolute atomic E-state index is 13.5. The van der Waals surface area contributed by atoms with Gasteiger partial charge in [-0.25, -0.2) is 4.39 Å². The van der Waals surface area contributed by atoms with Crippen molar-refractivity contribution in [1.29, 1.82) is 0 Å². The Kier molecular flexibility index (Phi) is 7.38. The normalized spacial score (nSPS) is 21.9. The molecule has 2 unspecified atom stereocenters. The lowest BCUT2D eigenvalue weighted by atomic mass is 9.83. The summed E-state index contributed by atoms with van der Waals surface area (Å²) in [7, 11) is 1.66. The molecule has 5 rings (SSSR count). The zero-order valence-corrected chi connectivity index (χ0v) is 20.6. The van der Waals surface area contributed by atoms with Crippen molar-refractivity contribution < 1.29 is 23.5 Å². The minimum absolute atomic E-state index is 0.0304. The number of carbonyl (C=O) groups is 2. The highest BCUT2D eigenvalue weighted by molar-refractivity contribution is 5.82. The number of carbonyl (C=O) groups excluding carboxylic acids is 2. The van der Waals surface area contributed by atoms with E-state index in [1.54, 1.807) is 19.2 Å². The summed E-state index contributed by atoms with van der Waals surface area (Å²) in [4.78, 5) is 32.7. The van der Waals surface area contributed by atoms with Gasteiger partial charge < -0.3 is 24.6 Å². The number of benzene rings is 2. The van der Waals surface area contributed by atoms with Gasteiger partial charge in [-0.2, -0.15) is 0 Å². The number of nitrogens with one attached hydrogen (secondary N) is 1. The highest BCUT2D eigenvalue weighted by Crippen LogP contribution is 2.38. The molecular formula is C27H33FN4O4. The summed E-state index contributed by atoms with van der Waals surface area (Å²) in [5.41, 5.74) is 3.07. The van der Waals surface area contributed by atoms with Gasteiger partial charge in [0.1, 0.15) is 11.6 Å². The number of ether oxygens (including phenoxy) is 2. The summed E-state index contributed by atoms with van der Waals surface area (Å²) in [5.74, 6) is 0.303. The van der Waals surface area contributed by atoms with Crippen LogP contribution < -0.4 is 15.0 Å². The van der Waals surface area contributed by atoms with Gasteiger partial charge in [0.2, 0.25) is 11.8 Å². The predicted molar refractivity (Wildman–Crippen MR) is 133 cm³/mol. The molecule has 3 aliphatic heterocycles. The van der Waals surface area contributed by atoms with Crippen molar-refractivity contribution in [3.63, 3.8) is 0 Å². The van der Waals surface area contributed by atoms with Crippen molar-refractivity contribution in [2.75, 3.05) is 64.5 Å². The highest BCUT2D eigenvalue weighted by atomic mass is 19.1. The Bertz CT molecular complexity index is 1090. The third-order valence-corrected chi connectivity index (χ3v) is 7.45. The SMILES string of the molecule is COc1ccc2c(c1)N1CCN(CC(=O)N3CCOCC3)CC1C(C(=O)NCc1ccc(F)cc1)C2. The lowest BCUT2D eigenvalue weighted by Crippen LogP contribution is -2.62. The largest absolute Gasteiger partial charge is 0.497 e. The van der Waals surface area contributed by atoms with Gasteiger partial charge in [-0.1, -0.05) is 18.2 Å². The first kappa shape index (κ1) is 24.5. The van der Waals surface area contributed by atoms with Crippen molar-refractivity contribution in [3.05, 3.63) is 59.4 Å². The van der Waals surface area contributed by atoms with Crippen molar-refractivity contribution in [3.8, 4) is 5.75 Å². The molecular weight excluding hydrogens is 463 g/mol. The van der Waals surface area contributed by atoms with E-state index in [-0.39, 0.29) is 29.6 Å². The summed E-state index contributed by atoms with van der Waals surface area (Å²) in [6.07, 6.45) is 0.612. The van der Waals surface area contributed by atoms with E-state index < -0.39 is 0 Å². The molecule has 0 aliphatic carbocycles. The van der Waals surface area contributed by atoms with Gasteiger partial charge in [0.05, 0.1) is 38.8 Å². The predicted octanol–water partition coefficient (Wildman–Crippen LogP) is 1.67. The van der Waals surface area contributed by atoms with Crippen LogP contribution >= 0.6 is 0 Å². The van der Waals surface area contributed by atoms with E-state index >= 15 is 0 Å². The number of hydrogen-bond donors (Lipinski definition) is 1. The smallest absolute Gasteiger partial charge is 0.236 e. The van der Waals surface area contributed by atoms with Crippen LogP contribution in [-0.4, -0.2) is 87.2 Å². The van der Waals surface area contributed by atoms with Gasteiger partial charge in [-0.05, 0) is 35.7 Å². The van der Waals surface area contributed by atoms with Crippen molar-refractivity contribution in [1.82, 2.24) is 15.1 Å². The standard InChI is InChI=1S/C27H33FN4O4/c1-35-22-7-4-20-14-23(27(34)29-16-19-2-5-21(28)6-3-19)25-17-30(8-9-32(25)24(20)15-22)18-26(33)31-10-12-36-13-11-31/h2-7,15,23,25H,8-14,16-18H2,1H3,(H,29,34). The Morgan fingerprint density at radius 3 is 2.61 bits per heavy atom. The maximum Gasteiger partial charge on any atom is 0.236 e. The number of amides is 2. The molecule has 36 heavy (non-hydrogen) atoms. The number of halogens is 1. The van der Waals surface area contributed by atoms with E-state index in [9.17, 15) is 14.0 Å². The van der Waals surface area contributed by atoms with Crippen LogP contribution in [0, 0.1) is 11.7 Å². The molecule has 2 aromatic rings. The third kappa shape index (κ3) is 5.32. The van der Waals surface area contributed by atoms with Gasteiger partial charge >= 0.3 is 0 Å². The summed E-state index contributed by atoms with van der Waals surface area (Å²) >= 11 is 0. The number of hydrogen-bond acceptors (Lipinski definition) is 6. The molecule has 192 valence electrons. The summed E-state index contributed by atoms with van der Waals surface area (Å²) in [6.45, 7) is 5.20. The Morgan fingerprint density at radius 1 is 1.08 bits per heavy atom. The van der Waals surface area contributed by atoms with Crippen LogP contribution in [0.25, 0.3) is 0 Å². The topological polar surface area (TPSA) is 74.3 Å². The number of piperazine rings is 1. The van der Waals surface area contributed by atoms with E-state index in [0.29, 0.717) is 52.4 Å².